The normalized spacial score (nSPS) is 23.4. The van der Waals surface area contributed by atoms with E-state index in [2.05, 4.69) is 58.5 Å². The van der Waals surface area contributed by atoms with Gasteiger partial charge in [0.05, 0.1) is 17.4 Å². The lowest BCUT2D eigenvalue weighted by Gasteiger charge is -2.35. The molecule has 1 aliphatic rings. The Kier molecular flexibility index (Phi) is 3.70. The molecule has 0 bridgehead atoms. The minimum absolute atomic E-state index is 0.0202. The standard InChI is InChI=1S/C17H21N3/c1-17(15-7-3-2-4-8-15)14-20(12-6-11-19-17)16-9-5-10-18-13-16/h2-5,7-10,13,19H,6,11-12,14H2,1H3. The molecule has 1 atom stereocenters. The van der Waals surface area contributed by atoms with Crippen molar-refractivity contribution in [1.29, 1.82) is 0 Å². The number of hydrogen-bond donors (Lipinski definition) is 1. The summed E-state index contributed by atoms with van der Waals surface area (Å²) in [5.41, 5.74) is 2.53. The zero-order valence-corrected chi connectivity index (χ0v) is 11.9. The van der Waals surface area contributed by atoms with E-state index in [1.165, 1.54) is 11.3 Å². The monoisotopic (exact) mass is 267 g/mol. The molecule has 3 heteroatoms. The van der Waals surface area contributed by atoms with Gasteiger partial charge in [-0.05, 0) is 37.6 Å². The number of aromatic nitrogens is 1. The van der Waals surface area contributed by atoms with Crippen molar-refractivity contribution < 1.29 is 0 Å². The molecule has 1 aromatic heterocycles. The topological polar surface area (TPSA) is 28.2 Å². The van der Waals surface area contributed by atoms with Crippen LogP contribution in [0.4, 0.5) is 5.69 Å². The van der Waals surface area contributed by atoms with Gasteiger partial charge in [-0.25, -0.2) is 0 Å². The van der Waals surface area contributed by atoms with Crippen LogP contribution in [0.3, 0.4) is 0 Å². The van der Waals surface area contributed by atoms with Gasteiger partial charge in [-0.3, -0.25) is 4.98 Å². The van der Waals surface area contributed by atoms with Crippen LogP contribution in [0.2, 0.25) is 0 Å². The molecule has 1 fully saturated rings. The Bertz CT molecular complexity index is 541. The SMILES string of the molecule is CC1(c2ccccc2)CN(c2cccnc2)CCCN1. The van der Waals surface area contributed by atoms with Gasteiger partial charge in [-0.1, -0.05) is 30.3 Å². The molecule has 3 rings (SSSR count). The number of rotatable bonds is 2. The quantitative estimate of drug-likeness (QED) is 0.907. The van der Waals surface area contributed by atoms with E-state index in [9.17, 15) is 0 Å². The minimum atomic E-state index is -0.0202. The molecule has 1 aliphatic heterocycles. The van der Waals surface area contributed by atoms with E-state index in [-0.39, 0.29) is 5.54 Å². The number of pyridine rings is 1. The lowest BCUT2D eigenvalue weighted by atomic mass is 9.91. The summed E-state index contributed by atoms with van der Waals surface area (Å²) in [6.07, 6.45) is 4.93. The molecule has 1 unspecified atom stereocenters. The van der Waals surface area contributed by atoms with Crippen molar-refractivity contribution in [3.63, 3.8) is 0 Å². The fraction of sp³-hybridized carbons (Fsp3) is 0.353. The summed E-state index contributed by atoms with van der Waals surface area (Å²) in [4.78, 5) is 6.68. The molecular weight excluding hydrogens is 246 g/mol. The molecule has 0 aliphatic carbocycles. The molecule has 1 aromatic carbocycles. The van der Waals surface area contributed by atoms with Crippen LogP contribution in [0.25, 0.3) is 0 Å². The summed E-state index contributed by atoms with van der Waals surface area (Å²) >= 11 is 0. The van der Waals surface area contributed by atoms with E-state index in [1.54, 1.807) is 0 Å². The molecule has 1 saturated heterocycles. The molecule has 3 nitrogen and oxygen atoms in total. The van der Waals surface area contributed by atoms with Crippen molar-refractivity contribution in [2.24, 2.45) is 0 Å². The Morgan fingerprint density at radius 3 is 2.75 bits per heavy atom. The zero-order valence-electron chi connectivity index (χ0n) is 11.9. The summed E-state index contributed by atoms with van der Waals surface area (Å²) in [6.45, 7) is 5.36. The Hall–Kier alpha value is -1.87. The third kappa shape index (κ3) is 2.68. The Morgan fingerprint density at radius 2 is 2.00 bits per heavy atom. The number of anilines is 1. The van der Waals surface area contributed by atoms with E-state index < -0.39 is 0 Å². The summed E-state index contributed by atoms with van der Waals surface area (Å²) in [7, 11) is 0. The van der Waals surface area contributed by atoms with Gasteiger partial charge in [0.15, 0.2) is 0 Å². The maximum absolute atomic E-state index is 4.25. The summed E-state index contributed by atoms with van der Waals surface area (Å²) < 4.78 is 0. The average Bonchev–Trinajstić information content (AvgIpc) is 2.72. The van der Waals surface area contributed by atoms with E-state index in [0.717, 1.165) is 26.1 Å². The fourth-order valence-corrected chi connectivity index (χ4v) is 2.91. The summed E-state index contributed by atoms with van der Waals surface area (Å²) in [5, 5.41) is 3.71. The highest BCUT2D eigenvalue weighted by atomic mass is 15.2. The fourth-order valence-electron chi connectivity index (χ4n) is 2.91. The smallest absolute Gasteiger partial charge is 0.0583 e. The highest BCUT2D eigenvalue weighted by Gasteiger charge is 2.30. The lowest BCUT2D eigenvalue weighted by molar-refractivity contribution is 0.392. The van der Waals surface area contributed by atoms with Crippen molar-refractivity contribution in [2.75, 3.05) is 24.5 Å². The third-order valence-corrected chi connectivity index (χ3v) is 4.05. The molecule has 0 saturated carbocycles. The number of nitrogens with one attached hydrogen (secondary N) is 1. The van der Waals surface area contributed by atoms with Crippen LogP contribution in [0.5, 0.6) is 0 Å². The predicted molar refractivity (Wildman–Crippen MR) is 82.9 cm³/mol. The van der Waals surface area contributed by atoms with Gasteiger partial charge < -0.3 is 10.2 Å². The molecule has 1 N–H and O–H groups in total. The van der Waals surface area contributed by atoms with Gasteiger partial charge in [0.1, 0.15) is 0 Å². The molecule has 0 radical (unpaired) electrons. The Morgan fingerprint density at radius 1 is 1.15 bits per heavy atom. The first-order chi connectivity index (χ1) is 9.78. The van der Waals surface area contributed by atoms with Crippen molar-refractivity contribution >= 4 is 5.69 Å². The van der Waals surface area contributed by atoms with Crippen LogP contribution in [0, 0.1) is 0 Å². The molecule has 2 heterocycles. The molecular formula is C17H21N3. The van der Waals surface area contributed by atoms with E-state index in [4.69, 9.17) is 0 Å². The van der Waals surface area contributed by atoms with Crippen LogP contribution in [0.1, 0.15) is 18.9 Å². The second-order valence-electron chi connectivity index (χ2n) is 5.61. The van der Waals surface area contributed by atoms with Crippen LogP contribution in [0.15, 0.2) is 54.9 Å². The zero-order chi connectivity index (χ0) is 13.8. The first-order valence-corrected chi connectivity index (χ1v) is 7.23. The first kappa shape index (κ1) is 13.1. The van der Waals surface area contributed by atoms with Gasteiger partial charge in [-0.2, -0.15) is 0 Å². The highest BCUT2D eigenvalue weighted by Crippen LogP contribution is 2.26. The summed E-state index contributed by atoms with van der Waals surface area (Å²) in [6, 6.07) is 14.9. The molecule has 0 spiro atoms. The Balaban J connectivity index is 1.89. The van der Waals surface area contributed by atoms with Crippen molar-refractivity contribution in [3.8, 4) is 0 Å². The molecule has 0 amide bonds. The van der Waals surface area contributed by atoms with Crippen molar-refractivity contribution in [2.45, 2.75) is 18.9 Å². The second-order valence-corrected chi connectivity index (χ2v) is 5.61. The Labute approximate surface area is 120 Å². The van der Waals surface area contributed by atoms with Gasteiger partial charge in [-0.15, -0.1) is 0 Å². The van der Waals surface area contributed by atoms with E-state index >= 15 is 0 Å². The minimum Gasteiger partial charge on any atom is -0.368 e. The predicted octanol–water partition coefficient (Wildman–Crippen LogP) is 2.80. The van der Waals surface area contributed by atoms with E-state index in [1.807, 2.05) is 18.5 Å². The van der Waals surface area contributed by atoms with Crippen molar-refractivity contribution in [3.05, 3.63) is 60.4 Å². The van der Waals surface area contributed by atoms with Crippen molar-refractivity contribution in [1.82, 2.24) is 10.3 Å². The maximum atomic E-state index is 4.25. The van der Waals surface area contributed by atoms with Gasteiger partial charge in [0.2, 0.25) is 0 Å². The molecule has 20 heavy (non-hydrogen) atoms. The average molecular weight is 267 g/mol. The van der Waals surface area contributed by atoms with Gasteiger partial charge in [0.25, 0.3) is 0 Å². The van der Waals surface area contributed by atoms with Crippen LogP contribution in [-0.4, -0.2) is 24.6 Å². The molecule has 104 valence electrons. The number of nitrogens with zero attached hydrogens (tertiary/aromatic N) is 2. The van der Waals surface area contributed by atoms with E-state index in [0.29, 0.717) is 0 Å². The largest absolute Gasteiger partial charge is 0.368 e. The van der Waals surface area contributed by atoms with Gasteiger partial charge >= 0.3 is 0 Å². The van der Waals surface area contributed by atoms with Crippen LogP contribution >= 0.6 is 0 Å². The lowest BCUT2D eigenvalue weighted by Crippen LogP contribution is -2.46. The van der Waals surface area contributed by atoms with Crippen LogP contribution in [-0.2, 0) is 5.54 Å². The maximum Gasteiger partial charge on any atom is 0.0583 e. The summed E-state index contributed by atoms with van der Waals surface area (Å²) in [5.74, 6) is 0. The highest BCUT2D eigenvalue weighted by molar-refractivity contribution is 5.45. The second kappa shape index (κ2) is 5.63. The van der Waals surface area contributed by atoms with Gasteiger partial charge in [0, 0.05) is 19.3 Å². The third-order valence-electron chi connectivity index (χ3n) is 4.05. The van der Waals surface area contributed by atoms with Crippen LogP contribution < -0.4 is 10.2 Å². The molecule has 2 aromatic rings. The number of benzene rings is 1. The number of hydrogen-bond acceptors (Lipinski definition) is 3. The first-order valence-electron chi connectivity index (χ1n) is 7.23.